The number of para-hydroxylation sites is 1. The predicted molar refractivity (Wildman–Crippen MR) is 106 cm³/mol. The summed E-state index contributed by atoms with van der Waals surface area (Å²) in [6.45, 7) is 1.26. The van der Waals surface area contributed by atoms with Crippen LogP contribution in [0, 0.1) is 0 Å². The summed E-state index contributed by atoms with van der Waals surface area (Å²) in [7, 11) is 0. The van der Waals surface area contributed by atoms with E-state index >= 15 is 0 Å². The van der Waals surface area contributed by atoms with Crippen LogP contribution in [0.4, 0.5) is 5.69 Å². The van der Waals surface area contributed by atoms with Crippen molar-refractivity contribution in [1.29, 1.82) is 0 Å². The molecular weight excluding hydrogens is 430 g/mol. The zero-order valence-corrected chi connectivity index (χ0v) is 16.2. The molecule has 0 fully saturated rings. The number of nitrogens with one attached hydrogen (secondary N) is 1. The summed E-state index contributed by atoms with van der Waals surface area (Å²) in [5.74, 6) is 0.893. The molecule has 0 heterocycles. The van der Waals surface area contributed by atoms with E-state index in [1.165, 1.54) is 0 Å². The Balaban J connectivity index is 1.69. The molecule has 0 aliphatic heterocycles. The summed E-state index contributed by atoms with van der Waals surface area (Å²) in [4.78, 5) is 0. The van der Waals surface area contributed by atoms with Crippen LogP contribution in [-0.4, -0.2) is 0 Å². The lowest BCUT2D eigenvalue weighted by Crippen LogP contribution is -2.03. The van der Waals surface area contributed by atoms with Crippen molar-refractivity contribution < 1.29 is 4.74 Å². The van der Waals surface area contributed by atoms with Crippen molar-refractivity contribution in [1.82, 2.24) is 0 Å². The molecule has 122 valence electrons. The Hall–Kier alpha value is -1.78. The van der Waals surface area contributed by atoms with Crippen molar-refractivity contribution in [2.24, 2.45) is 0 Å². The molecule has 2 nitrogen and oxygen atoms in total. The van der Waals surface area contributed by atoms with E-state index in [2.05, 4.69) is 67.5 Å². The Morgan fingerprint density at radius 2 is 1.50 bits per heavy atom. The van der Waals surface area contributed by atoms with Gasteiger partial charge in [-0.2, -0.15) is 0 Å². The second-order valence-electron chi connectivity index (χ2n) is 5.39. The largest absolute Gasteiger partial charge is 0.489 e. The van der Waals surface area contributed by atoms with Crippen LogP contribution >= 0.6 is 31.9 Å². The van der Waals surface area contributed by atoms with Crippen LogP contribution in [0.5, 0.6) is 5.75 Å². The lowest BCUT2D eigenvalue weighted by Gasteiger charge is -2.14. The molecule has 3 aromatic rings. The molecule has 0 bridgehead atoms. The SMILES string of the molecule is Brc1ccc(COc2ccc(Br)cc2CNc2ccccc2)cc1. The normalized spacial score (nSPS) is 10.4. The molecule has 24 heavy (non-hydrogen) atoms. The Kier molecular flexibility index (Phi) is 5.94. The van der Waals surface area contributed by atoms with Crippen LogP contribution in [0.25, 0.3) is 0 Å². The van der Waals surface area contributed by atoms with Crippen LogP contribution in [0.1, 0.15) is 11.1 Å². The molecule has 0 aliphatic rings. The molecule has 0 aliphatic carbocycles. The van der Waals surface area contributed by atoms with Crippen LogP contribution in [0.2, 0.25) is 0 Å². The fourth-order valence-electron chi connectivity index (χ4n) is 2.32. The first-order chi connectivity index (χ1) is 11.7. The highest BCUT2D eigenvalue weighted by Crippen LogP contribution is 2.25. The molecule has 0 radical (unpaired) electrons. The molecule has 0 spiro atoms. The summed E-state index contributed by atoms with van der Waals surface area (Å²) in [6, 6.07) is 24.4. The standard InChI is InChI=1S/C20H17Br2NO/c21-17-8-6-15(7-9-17)14-24-20-11-10-18(22)12-16(20)13-23-19-4-2-1-3-5-19/h1-12,23H,13-14H2. The molecule has 0 saturated heterocycles. The topological polar surface area (TPSA) is 21.3 Å². The van der Waals surface area contributed by atoms with Gasteiger partial charge in [0, 0.05) is 26.7 Å². The molecule has 0 aromatic heterocycles. The van der Waals surface area contributed by atoms with E-state index < -0.39 is 0 Å². The van der Waals surface area contributed by atoms with E-state index in [1.54, 1.807) is 0 Å². The third-order valence-electron chi connectivity index (χ3n) is 3.59. The van der Waals surface area contributed by atoms with Crippen LogP contribution in [0.15, 0.2) is 81.7 Å². The quantitative estimate of drug-likeness (QED) is 0.472. The third kappa shape index (κ3) is 4.86. The van der Waals surface area contributed by atoms with Crippen LogP contribution in [-0.2, 0) is 13.2 Å². The number of benzene rings is 3. The Morgan fingerprint density at radius 3 is 2.25 bits per heavy atom. The van der Waals surface area contributed by atoms with Gasteiger partial charge >= 0.3 is 0 Å². The van der Waals surface area contributed by atoms with E-state index in [1.807, 2.05) is 42.5 Å². The Bertz CT molecular complexity index is 788. The van der Waals surface area contributed by atoms with Gasteiger partial charge in [-0.3, -0.25) is 0 Å². The van der Waals surface area contributed by atoms with E-state index in [0.29, 0.717) is 13.2 Å². The predicted octanol–water partition coefficient (Wildman–Crippen LogP) is 6.40. The number of anilines is 1. The maximum absolute atomic E-state index is 6.03. The molecule has 4 heteroatoms. The van der Waals surface area contributed by atoms with Crippen LogP contribution < -0.4 is 10.1 Å². The smallest absolute Gasteiger partial charge is 0.124 e. The van der Waals surface area contributed by atoms with Gasteiger partial charge in [-0.05, 0) is 48.0 Å². The lowest BCUT2D eigenvalue weighted by molar-refractivity contribution is 0.303. The first kappa shape index (κ1) is 17.1. The van der Waals surface area contributed by atoms with Gasteiger partial charge < -0.3 is 10.1 Å². The van der Waals surface area contributed by atoms with Crippen molar-refractivity contribution >= 4 is 37.5 Å². The van der Waals surface area contributed by atoms with Crippen LogP contribution in [0.3, 0.4) is 0 Å². The number of halogens is 2. The van der Waals surface area contributed by atoms with Crippen molar-refractivity contribution in [3.05, 3.63) is 92.9 Å². The highest BCUT2D eigenvalue weighted by Gasteiger charge is 2.06. The van der Waals surface area contributed by atoms with E-state index in [9.17, 15) is 0 Å². The Morgan fingerprint density at radius 1 is 0.792 bits per heavy atom. The summed E-state index contributed by atoms with van der Waals surface area (Å²) in [6.07, 6.45) is 0. The van der Waals surface area contributed by atoms with Gasteiger partial charge in [-0.25, -0.2) is 0 Å². The molecule has 0 saturated carbocycles. The second-order valence-corrected chi connectivity index (χ2v) is 7.22. The molecule has 0 amide bonds. The molecule has 0 unspecified atom stereocenters. The zero-order chi connectivity index (χ0) is 16.8. The average Bonchev–Trinajstić information content (AvgIpc) is 2.61. The second kappa shape index (κ2) is 8.36. The minimum atomic E-state index is 0.549. The molecule has 1 N–H and O–H groups in total. The highest BCUT2D eigenvalue weighted by atomic mass is 79.9. The van der Waals surface area contributed by atoms with E-state index in [-0.39, 0.29) is 0 Å². The molecule has 0 atom stereocenters. The molecule has 3 rings (SSSR count). The maximum Gasteiger partial charge on any atom is 0.124 e. The van der Waals surface area contributed by atoms with Gasteiger partial charge in [0.25, 0.3) is 0 Å². The maximum atomic E-state index is 6.03. The minimum absolute atomic E-state index is 0.549. The number of rotatable bonds is 6. The molecular formula is C20H17Br2NO. The fourth-order valence-corrected chi connectivity index (χ4v) is 2.99. The van der Waals surface area contributed by atoms with Gasteiger partial charge in [-0.1, -0.05) is 62.2 Å². The number of ether oxygens (including phenoxy) is 1. The number of hydrogen-bond donors (Lipinski definition) is 1. The third-order valence-corrected chi connectivity index (χ3v) is 4.61. The van der Waals surface area contributed by atoms with Gasteiger partial charge in [-0.15, -0.1) is 0 Å². The first-order valence-electron chi connectivity index (χ1n) is 7.65. The first-order valence-corrected chi connectivity index (χ1v) is 9.24. The monoisotopic (exact) mass is 445 g/mol. The highest BCUT2D eigenvalue weighted by molar-refractivity contribution is 9.10. The van der Waals surface area contributed by atoms with Gasteiger partial charge in [0.1, 0.15) is 12.4 Å². The zero-order valence-electron chi connectivity index (χ0n) is 13.0. The van der Waals surface area contributed by atoms with Gasteiger partial charge in [0.15, 0.2) is 0 Å². The Labute approximate surface area is 159 Å². The van der Waals surface area contributed by atoms with Crippen molar-refractivity contribution in [2.75, 3.05) is 5.32 Å². The number of hydrogen-bond acceptors (Lipinski definition) is 2. The summed E-state index contributed by atoms with van der Waals surface area (Å²) in [5, 5.41) is 3.43. The fraction of sp³-hybridized carbons (Fsp3) is 0.100. The van der Waals surface area contributed by atoms with Gasteiger partial charge in [0.05, 0.1) is 0 Å². The average molecular weight is 447 g/mol. The van der Waals surface area contributed by atoms with E-state index in [4.69, 9.17) is 4.74 Å². The van der Waals surface area contributed by atoms with Crippen molar-refractivity contribution in [2.45, 2.75) is 13.2 Å². The van der Waals surface area contributed by atoms with E-state index in [0.717, 1.165) is 31.5 Å². The summed E-state index contributed by atoms with van der Waals surface area (Å²) in [5.41, 5.74) is 3.35. The van der Waals surface area contributed by atoms with Gasteiger partial charge in [0.2, 0.25) is 0 Å². The summed E-state index contributed by atoms with van der Waals surface area (Å²) >= 11 is 6.99. The minimum Gasteiger partial charge on any atom is -0.489 e. The van der Waals surface area contributed by atoms with Crippen molar-refractivity contribution in [3.63, 3.8) is 0 Å². The lowest BCUT2D eigenvalue weighted by atomic mass is 10.2. The summed E-state index contributed by atoms with van der Waals surface area (Å²) < 4.78 is 8.15. The molecule has 3 aromatic carbocycles. The van der Waals surface area contributed by atoms with Crippen molar-refractivity contribution in [3.8, 4) is 5.75 Å².